The monoisotopic (exact) mass is 271 g/mol. The van der Waals surface area contributed by atoms with Crippen LogP contribution in [0.4, 0.5) is 5.82 Å². The first-order valence-electron chi connectivity index (χ1n) is 4.53. The maximum absolute atomic E-state index is 11.1. The van der Waals surface area contributed by atoms with E-state index in [1.807, 2.05) is 13.0 Å². The summed E-state index contributed by atoms with van der Waals surface area (Å²) in [5.41, 5.74) is 5.48. The topological polar surface area (TPSA) is 68.0 Å². The van der Waals surface area contributed by atoms with Crippen molar-refractivity contribution in [2.75, 3.05) is 5.32 Å². The third-order valence-corrected chi connectivity index (χ3v) is 2.63. The highest BCUT2D eigenvalue weighted by atomic mass is 79.9. The van der Waals surface area contributed by atoms with E-state index in [-0.39, 0.29) is 0 Å². The number of rotatable bonds is 3. The highest BCUT2D eigenvalue weighted by Crippen LogP contribution is 2.23. The summed E-state index contributed by atoms with van der Waals surface area (Å²) in [6.07, 6.45) is 1.73. The van der Waals surface area contributed by atoms with Crippen molar-refractivity contribution in [2.45, 2.75) is 26.3 Å². The molecule has 0 saturated carbocycles. The molecular weight excluding hydrogens is 258 g/mol. The minimum atomic E-state index is -0.815. The van der Waals surface area contributed by atoms with Crippen LogP contribution in [0, 0.1) is 6.92 Å². The number of carbonyl (C=O) groups excluding carboxylic acids is 1. The molecule has 0 aliphatic rings. The zero-order valence-electron chi connectivity index (χ0n) is 8.97. The Morgan fingerprint density at radius 2 is 2.20 bits per heavy atom. The molecule has 82 valence electrons. The highest BCUT2D eigenvalue weighted by molar-refractivity contribution is 9.10. The number of hydrogen-bond acceptors (Lipinski definition) is 3. The van der Waals surface area contributed by atoms with Gasteiger partial charge in [0, 0.05) is 6.20 Å². The second-order valence-electron chi connectivity index (χ2n) is 3.96. The third kappa shape index (κ3) is 2.92. The number of aryl methyl sites for hydroxylation is 1. The van der Waals surface area contributed by atoms with Crippen LogP contribution in [0.15, 0.2) is 16.7 Å². The molecule has 0 unspecified atom stereocenters. The van der Waals surface area contributed by atoms with Crippen molar-refractivity contribution in [1.29, 1.82) is 0 Å². The summed E-state index contributed by atoms with van der Waals surface area (Å²) >= 11 is 3.37. The molecule has 0 aromatic carbocycles. The van der Waals surface area contributed by atoms with Gasteiger partial charge in [0.15, 0.2) is 0 Å². The summed E-state index contributed by atoms with van der Waals surface area (Å²) in [5, 5.41) is 2.98. The van der Waals surface area contributed by atoms with Gasteiger partial charge in [0.1, 0.15) is 11.4 Å². The molecule has 0 fully saturated rings. The number of anilines is 1. The molecule has 5 heteroatoms. The lowest BCUT2D eigenvalue weighted by atomic mass is 10.1. The van der Waals surface area contributed by atoms with Gasteiger partial charge in [0.25, 0.3) is 0 Å². The number of carbonyl (C=O) groups is 1. The van der Waals surface area contributed by atoms with E-state index >= 15 is 0 Å². The quantitative estimate of drug-likeness (QED) is 0.882. The molecule has 1 rings (SSSR count). The molecule has 1 aromatic heterocycles. The Kier molecular flexibility index (Phi) is 3.34. The molecule has 1 aromatic rings. The minimum absolute atomic E-state index is 0.420. The lowest BCUT2D eigenvalue weighted by molar-refractivity contribution is -0.121. The van der Waals surface area contributed by atoms with Crippen molar-refractivity contribution in [1.82, 2.24) is 4.98 Å². The molecule has 4 nitrogen and oxygen atoms in total. The lowest BCUT2D eigenvalue weighted by Gasteiger charge is -2.23. The van der Waals surface area contributed by atoms with Crippen LogP contribution in [0.2, 0.25) is 0 Å². The van der Waals surface area contributed by atoms with Crippen molar-refractivity contribution in [3.8, 4) is 0 Å². The minimum Gasteiger partial charge on any atom is -0.368 e. The van der Waals surface area contributed by atoms with Crippen LogP contribution in [0.3, 0.4) is 0 Å². The number of nitrogens with one attached hydrogen (secondary N) is 1. The van der Waals surface area contributed by atoms with Gasteiger partial charge >= 0.3 is 0 Å². The molecule has 0 saturated heterocycles. The summed E-state index contributed by atoms with van der Waals surface area (Å²) < 4.78 is 0.817. The fourth-order valence-corrected chi connectivity index (χ4v) is 1.55. The van der Waals surface area contributed by atoms with Crippen molar-refractivity contribution in [3.63, 3.8) is 0 Å². The normalized spacial score (nSPS) is 11.2. The Hall–Kier alpha value is -1.10. The fraction of sp³-hybridized carbons (Fsp3) is 0.400. The number of halogens is 1. The summed E-state index contributed by atoms with van der Waals surface area (Å²) in [5.74, 6) is 0.196. The predicted octanol–water partition coefficient (Wildman–Crippen LogP) is 1.83. The summed E-state index contributed by atoms with van der Waals surface area (Å²) in [6.45, 7) is 5.37. The maximum Gasteiger partial charge on any atom is 0.242 e. The first kappa shape index (κ1) is 12.0. The number of hydrogen-bond donors (Lipinski definition) is 2. The van der Waals surface area contributed by atoms with Gasteiger partial charge in [0.05, 0.1) is 4.47 Å². The second kappa shape index (κ2) is 4.18. The van der Waals surface area contributed by atoms with Crippen LogP contribution in [0.5, 0.6) is 0 Å². The Labute approximate surface area is 97.4 Å². The fourth-order valence-electron chi connectivity index (χ4n) is 0.983. The van der Waals surface area contributed by atoms with Crippen molar-refractivity contribution in [2.24, 2.45) is 5.73 Å². The van der Waals surface area contributed by atoms with Crippen LogP contribution >= 0.6 is 15.9 Å². The number of nitrogens with two attached hydrogens (primary N) is 1. The third-order valence-electron chi connectivity index (χ3n) is 2.02. The Bertz CT molecular complexity index is 390. The predicted molar refractivity (Wildman–Crippen MR) is 63.6 cm³/mol. The Balaban J connectivity index is 2.95. The maximum atomic E-state index is 11.1. The van der Waals surface area contributed by atoms with Crippen LogP contribution in [-0.2, 0) is 4.79 Å². The number of primary amides is 1. The first-order valence-corrected chi connectivity index (χ1v) is 5.32. The van der Waals surface area contributed by atoms with Gasteiger partial charge in [-0.05, 0) is 48.3 Å². The van der Waals surface area contributed by atoms with Crippen molar-refractivity contribution < 1.29 is 4.79 Å². The molecular formula is C10H14BrN3O. The van der Waals surface area contributed by atoms with E-state index < -0.39 is 11.4 Å². The van der Waals surface area contributed by atoms with Gasteiger partial charge in [-0.25, -0.2) is 4.98 Å². The van der Waals surface area contributed by atoms with Gasteiger partial charge in [-0.3, -0.25) is 4.79 Å². The average Bonchev–Trinajstić information content (AvgIpc) is 2.09. The summed E-state index contributed by atoms with van der Waals surface area (Å²) in [4.78, 5) is 15.3. The van der Waals surface area contributed by atoms with E-state index in [9.17, 15) is 4.79 Å². The molecule has 15 heavy (non-hydrogen) atoms. The van der Waals surface area contributed by atoms with Crippen molar-refractivity contribution in [3.05, 3.63) is 22.3 Å². The highest BCUT2D eigenvalue weighted by Gasteiger charge is 2.25. The second-order valence-corrected chi connectivity index (χ2v) is 4.81. The van der Waals surface area contributed by atoms with E-state index in [2.05, 4.69) is 26.2 Å². The van der Waals surface area contributed by atoms with E-state index in [1.165, 1.54) is 0 Å². The van der Waals surface area contributed by atoms with Crippen LogP contribution in [0.25, 0.3) is 0 Å². The molecule has 0 atom stereocenters. The van der Waals surface area contributed by atoms with Gasteiger partial charge in [-0.15, -0.1) is 0 Å². The van der Waals surface area contributed by atoms with E-state index in [1.54, 1.807) is 20.0 Å². The number of nitrogens with zero attached hydrogens (tertiary/aromatic N) is 1. The molecule has 1 heterocycles. The van der Waals surface area contributed by atoms with Crippen molar-refractivity contribution >= 4 is 27.7 Å². The van der Waals surface area contributed by atoms with Gasteiger partial charge in [-0.2, -0.15) is 0 Å². The molecule has 0 aliphatic heterocycles. The largest absolute Gasteiger partial charge is 0.368 e. The molecule has 1 amide bonds. The SMILES string of the molecule is Cc1cnc(NC(C)(C)C(N)=O)c(Br)c1. The average molecular weight is 272 g/mol. The zero-order valence-corrected chi connectivity index (χ0v) is 10.6. The Morgan fingerprint density at radius 1 is 1.60 bits per heavy atom. The number of amides is 1. The standard InChI is InChI=1S/C10H14BrN3O/c1-6-4-7(11)8(13-5-6)14-10(2,3)9(12)15/h4-5H,1-3H3,(H2,12,15)(H,13,14). The Morgan fingerprint density at radius 3 is 2.67 bits per heavy atom. The first-order chi connectivity index (χ1) is 6.83. The van der Waals surface area contributed by atoms with Gasteiger partial charge < -0.3 is 11.1 Å². The van der Waals surface area contributed by atoms with E-state index in [4.69, 9.17) is 5.73 Å². The molecule has 0 radical (unpaired) electrons. The van der Waals surface area contributed by atoms with E-state index in [0.717, 1.165) is 10.0 Å². The van der Waals surface area contributed by atoms with Gasteiger partial charge in [0.2, 0.25) is 5.91 Å². The van der Waals surface area contributed by atoms with Gasteiger partial charge in [-0.1, -0.05) is 0 Å². The van der Waals surface area contributed by atoms with Crippen LogP contribution < -0.4 is 11.1 Å². The van der Waals surface area contributed by atoms with Crippen LogP contribution in [0.1, 0.15) is 19.4 Å². The smallest absolute Gasteiger partial charge is 0.242 e. The summed E-state index contributed by atoms with van der Waals surface area (Å²) in [7, 11) is 0. The lowest BCUT2D eigenvalue weighted by Crippen LogP contribution is -2.45. The molecule has 3 N–H and O–H groups in total. The van der Waals surface area contributed by atoms with Crippen LogP contribution in [-0.4, -0.2) is 16.4 Å². The molecule has 0 bridgehead atoms. The molecule has 0 spiro atoms. The number of aromatic nitrogens is 1. The molecule has 0 aliphatic carbocycles. The van der Waals surface area contributed by atoms with E-state index in [0.29, 0.717) is 5.82 Å². The summed E-state index contributed by atoms with van der Waals surface area (Å²) in [6, 6.07) is 1.92. The zero-order chi connectivity index (χ0) is 11.6. The number of pyridine rings is 1.